The van der Waals surface area contributed by atoms with Crippen molar-refractivity contribution in [2.45, 2.75) is 38.5 Å². The topological polar surface area (TPSA) is 21.7 Å². The highest BCUT2D eigenvalue weighted by Crippen LogP contribution is 2.33. The number of benzene rings is 1. The van der Waals surface area contributed by atoms with Gasteiger partial charge in [-0.15, -0.1) is 0 Å². The van der Waals surface area contributed by atoms with Crippen molar-refractivity contribution in [2.75, 3.05) is 20.2 Å². The highest BCUT2D eigenvalue weighted by atomic mass is 16.5. The minimum atomic E-state index is 0.451. The van der Waals surface area contributed by atoms with E-state index in [-0.39, 0.29) is 0 Å². The Morgan fingerprint density at radius 3 is 3.16 bits per heavy atom. The average molecular weight is 261 g/mol. The Bertz CT molecular complexity index is 435. The van der Waals surface area contributed by atoms with E-state index in [1.54, 1.807) is 7.11 Å². The number of methoxy groups -OCH3 is 1. The van der Waals surface area contributed by atoms with Gasteiger partial charge in [0.15, 0.2) is 0 Å². The van der Waals surface area contributed by atoms with Crippen LogP contribution in [-0.4, -0.2) is 37.3 Å². The number of ether oxygens (including phenoxy) is 2. The van der Waals surface area contributed by atoms with Gasteiger partial charge in [-0.05, 0) is 37.5 Å². The smallest absolute Gasteiger partial charge is 0.119 e. The minimum Gasteiger partial charge on any atom is -0.497 e. The number of hydrogen-bond donors (Lipinski definition) is 0. The van der Waals surface area contributed by atoms with Gasteiger partial charge < -0.3 is 9.47 Å². The van der Waals surface area contributed by atoms with Crippen molar-refractivity contribution < 1.29 is 9.47 Å². The van der Waals surface area contributed by atoms with Crippen molar-refractivity contribution >= 4 is 0 Å². The zero-order valence-corrected chi connectivity index (χ0v) is 11.8. The molecule has 0 amide bonds. The molecule has 0 aromatic heterocycles. The normalized spacial score (nSPS) is 31.2. The molecular weight excluding hydrogens is 238 g/mol. The van der Waals surface area contributed by atoms with Crippen LogP contribution in [0.1, 0.15) is 25.3 Å². The van der Waals surface area contributed by atoms with E-state index >= 15 is 0 Å². The molecule has 2 aliphatic rings. The maximum absolute atomic E-state index is 5.95. The van der Waals surface area contributed by atoms with Gasteiger partial charge >= 0.3 is 0 Å². The molecular formula is C16H23NO2. The Labute approximate surface area is 115 Å². The van der Waals surface area contributed by atoms with Crippen molar-refractivity contribution in [3.8, 4) is 5.75 Å². The molecule has 3 heteroatoms. The number of fused-ring (bicyclic) bond motifs is 1. The predicted octanol–water partition coefficient (Wildman–Crippen LogP) is 2.69. The first-order valence-corrected chi connectivity index (χ1v) is 7.25. The minimum absolute atomic E-state index is 0.451. The van der Waals surface area contributed by atoms with Gasteiger partial charge in [-0.3, -0.25) is 4.90 Å². The first-order chi connectivity index (χ1) is 9.24. The third-order valence-electron chi connectivity index (χ3n) is 4.33. The number of likely N-dealkylation sites (tertiary alicyclic amines) is 1. The van der Waals surface area contributed by atoms with Gasteiger partial charge in [-0.1, -0.05) is 12.1 Å². The van der Waals surface area contributed by atoms with Crippen LogP contribution < -0.4 is 4.74 Å². The molecule has 0 spiro atoms. The van der Waals surface area contributed by atoms with E-state index in [2.05, 4.69) is 30.0 Å². The van der Waals surface area contributed by atoms with Crippen molar-refractivity contribution in [3.63, 3.8) is 0 Å². The molecule has 0 aliphatic carbocycles. The second-order valence-corrected chi connectivity index (χ2v) is 5.86. The Kier molecular flexibility index (Phi) is 3.76. The van der Waals surface area contributed by atoms with E-state index in [0.29, 0.717) is 12.2 Å². The molecule has 0 unspecified atom stereocenters. The molecule has 2 fully saturated rings. The zero-order chi connectivity index (χ0) is 13.2. The van der Waals surface area contributed by atoms with Crippen molar-refractivity contribution in [1.82, 2.24) is 4.90 Å². The number of nitrogens with zero attached hydrogens (tertiary/aromatic N) is 1. The maximum Gasteiger partial charge on any atom is 0.119 e. The van der Waals surface area contributed by atoms with Gasteiger partial charge in [0.05, 0.1) is 19.3 Å². The summed E-state index contributed by atoms with van der Waals surface area (Å²) in [5.41, 5.74) is 1.34. The number of piperidine rings is 1. The van der Waals surface area contributed by atoms with E-state index in [1.165, 1.54) is 24.9 Å². The number of hydrogen-bond acceptors (Lipinski definition) is 3. The van der Waals surface area contributed by atoms with Gasteiger partial charge in [0.25, 0.3) is 0 Å². The Hall–Kier alpha value is -1.06. The van der Waals surface area contributed by atoms with Crippen LogP contribution in [0.25, 0.3) is 0 Å². The molecule has 2 heterocycles. The highest BCUT2D eigenvalue weighted by molar-refractivity contribution is 5.28. The summed E-state index contributed by atoms with van der Waals surface area (Å²) in [6, 6.07) is 8.39. The molecule has 3 nitrogen and oxygen atoms in total. The highest BCUT2D eigenvalue weighted by Gasteiger charge is 2.37. The molecule has 19 heavy (non-hydrogen) atoms. The van der Waals surface area contributed by atoms with Gasteiger partial charge in [-0.2, -0.15) is 0 Å². The maximum atomic E-state index is 5.95. The fraction of sp³-hybridized carbons (Fsp3) is 0.625. The van der Waals surface area contributed by atoms with E-state index in [0.717, 1.165) is 24.8 Å². The first-order valence-electron chi connectivity index (χ1n) is 7.25. The Balaban J connectivity index is 1.61. The summed E-state index contributed by atoms with van der Waals surface area (Å²) in [6.45, 7) is 5.54. The van der Waals surface area contributed by atoms with Crippen LogP contribution >= 0.6 is 0 Å². The first kappa shape index (κ1) is 12.9. The molecule has 0 saturated carbocycles. The quantitative estimate of drug-likeness (QED) is 0.835. The summed E-state index contributed by atoms with van der Waals surface area (Å²) in [5.74, 6) is 1.68. The fourth-order valence-electron chi connectivity index (χ4n) is 3.44. The van der Waals surface area contributed by atoms with Crippen LogP contribution in [0.4, 0.5) is 0 Å². The molecule has 3 atom stereocenters. The van der Waals surface area contributed by atoms with Crippen LogP contribution in [0.15, 0.2) is 24.3 Å². The monoisotopic (exact) mass is 261 g/mol. The molecule has 3 rings (SSSR count). The largest absolute Gasteiger partial charge is 0.497 e. The van der Waals surface area contributed by atoms with E-state index in [1.807, 2.05) is 6.07 Å². The molecule has 0 bridgehead atoms. The molecule has 1 aromatic carbocycles. The van der Waals surface area contributed by atoms with Crippen molar-refractivity contribution in [3.05, 3.63) is 29.8 Å². The zero-order valence-electron chi connectivity index (χ0n) is 11.8. The van der Waals surface area contributed by atoms with Gasteiger partial charge in [0, 0.05) is 25.6 Å². The summed E-state index contributed by atoms with van der Waals surface area (Å²) in [7, 11) is 1.72. The predicted molar refractivity (Wildman–Crippen MR) is 75.3 cm³/mol. The molecule has 104 valence electrons. The van der Waals surface area contributed by atoms with Gasteiger partial charge in [0.2, 0.25) is 0 Å². The van der Waals surface area contributed by atoms with Crippen LogP contribution in [0.3, 0.4) is 0 Å². The van der Waals surface area contributed by atoms with E-state index < -0.39 is 0 Å². The second kappa shape index (κ2) is 5.51. The standard InChI is InChI=1S/C16H23NO2/c1-12-8-14-11-17(7-6-16(14)19-12)10-13-4-3-5-15(9-13)18-2/h3-5,9,12,14,16H,6-8,10-11H2,1-2H3/t12-,14-,16-/m1/s1. The summed E-state index contributed by atoms with van der Waals surface area (Å²) in [6.07, 6.45) is 3.36. The SMILES string of the molecule is COc1cccc(CN2CC[C@H]3O[C@H](C)C[C@@H]3C2)c1. The van der Waals surface area contributed by atoms with Crippen LogP contribution in [0.5, 0.6) is 5.75 Å². The third kappa shape index (κ3) is 2.93. The molecule has 0 radical (unpaired) electrons. The summed E-state index contributed by atoms with van der Waals surface area (Å²) in [5, 5.41) is 0. The summed E-state index contributed by atoms with van der Waals surface area (Å²) in [4.78, 5) is 2.55. The lowest BCUT2D eigenvalue weighted by Gasteiger charge is -2.34. The third-order valence-corrected chi connectivity index (χ3v) is 4.33. The van der Waals surface area contributed by atoms with Crippen molar-refractivity contribution in [2.24, 2.45) is 5.92 Å². The molecule has 2 saturated heterocycles. The average Bonchev–Trinajstić information content (AvgIpc) is 2.78. The molecule has 2 aliphatic heterocycles. The summed E-state index contributed by atoms with van der Waals surface area (Å²) >= 11 is 0. The molecule has 1 aromatic rings. The molecule has 0 N–H and O–H groups in total. The van der Waals surface area contributed by atoms with Crippen LogP contribution in [0.2, 0.25) is 0 Å². The lowest BCUT2D eigenvalue weighted by atomic mass is 9.93. The van der Waals surface area contributed by atoms with Gasteiger partial charge in [-0.25, -0.2) is 0 Å². The lowest BCUT2D eigenvalue weighted by Crippen LogP contribution is -2.40. The van der Waals surface area contributed by atoms with Gasteiger partial charge in [0.1, 0.15) is 5.75 Å². The van der Waals surface area contributed by atoms with Crippen LogP contribution in [0, 0.1) is 5.92 Å². The second-order valence-electron chi connectivity index (χ2n) is 5.86. The van der Waals surface area contributed by atoms with E-state index in [9.17, 15) is 0 Å². The van der Waals surface area contributed by atoms with Crippen LogP contribution in [-0.2, 0) is 11.3 Å². The Morgan fingerprint density at radius 2 is 2.32 bits per heavy atom. The lowest BCUT2D eigenvalue weighted by molar-refractivity contribution is 0.00583. The number of rotatable bonds is 3. The summed E-state index contributed by atoms with van der Waals surface area (Å²) < 4.78 is 11.2. The Morgan fingerprint density at radius 1 is 1.42 bits per heavy atom. The van der Waals surface area contributed by atoms with E-state index in [4.69, 9.17) is 9.47 Å². The van der Waals surface area contributed by atoms with Crippen molar-refractivity contribution in [1.29, 1.82) is 0 Å². The fourth-order valence-corrected chi connectivity index (χ4v) is 3.44.